The number of hydrogen-bond donors (Lipinski definition) is 2. The summed E-state index contributed by atoms with van der Waals surface area (Å²) in [7, 11) is 0. The van der Waals surface area contributed by atoms with Crippen LogP contribution in [0.1, 0.15) is 101 Å². The minimum absolute atomic E-state index is 0.00865. The van der Waals surface area contributed by atoms with Gasteiger partial charge in [0.25, 0.3) is 0 Å². The van der Waals surface area contributed by atoms with Crippen LogP contribution in [0.4, 0.5) is 19.2 Å². The first kappa shape index (κ1) is 47.8. The van der Waals surface area contributed by atoms with E-state index in [1.165, 1.54) is 13.0 Å². The van der Waals surface area contributed by atoms with Crippen molar-refractivity contribution in [1.82, 2.24) is 20.4 Å². The number of esters is 2. The minimum atomic E-state index is -0.962. The lowest BCUT2D eigenvalue weighted by molar-refractivity contribution is -0.157. The van der Waals surface area contributed by atoms with Crippen LogP contribution in [0.2, 0.25) is 0 Å². The van der Waals surface area contributed by atoms with Crippen LogP contribution in [0.5, 0.6) is 11.5 Å². The molecule has 326 valence electrons. The number of Topliss-reactive ketones (excluding diaryl/α,β-unsaturated/α-hetero) is 1. The van der Waals surface area contributed by atoms with Crippen molar-refractivity contribution in [1.29, 1.82) is 0 Å². The highest BCUT2D eigenvalue weighted by Crippen LogP contribution is 2.46. The van der Waals surface area contributed by atoms with Crippen molar-refractivity contribution < 1.29 is 66.4 Å². The van der Waals surface area contributed by atoms with Gasteiger partial charge in [-0.3, -0.25) is 24.2 Å². The fourth-order valence-electron chi connectivity index (χ4n) is 5.04. The van der Waals surface area contributed by atoms with Crippen molar-refractivity contribution in [2.24, 2.45) is 0 Å². The van der Waals surface area contributed by atoms with Gasteiger partial charge in [-0.25, -0.2) is 19.2 Å². The third kappa shape index (κ3) is 15.6. The van der Waals surface area contributed by atoms with E-state index < -0.39 is 77.6 Å². The lowest BCUT2D eigenvalue weighted by Gasteiger charge is -2.28. The number of nitrogens with one attached hydrogen (secondary N) is 2. The lowest BCUT2D eigenvalue weighted by atomic mass is 10.1. The molecule has 0 saturated carbocycles. The van der Waals surface area contributed by atoms with Gasteiger partial charge in [-0.05, 0) is 101 Å². The van der Waals surface area contributed by atoms with Crippen molar-refractivity contribution in [3.05, 3.63) is 23.3 Å². The number of hydrogen-bond acceptors (Lipinski definition) is 15. The Bertz CT molecular complexity index is 1910. The number of nitrogens with zero attached hydrogens (tertiary/aromatic N) is 2. The standard InChI is InChI=1S/C40H56N4O14S/c1-23(45)26-20-25-29(53-33(48)41-15-17-43(35(50)57-39(8,9)10)21-27(46)55-37(2,3)4)24-14-19-59-32(24)31(30(25)52-26)54-34(49)42-16-18-44(36(51)58-40(11,12)13)22-28(47)56-38(5,6)7/h14,19-20H,15-18,21-22H2,1-13H3,(H,41,48)(H,42,49). The molecule has 18 nitrogen and oxygen atoms in total. The molecule has 0 saturated heterocycles. The number of ketones is 1. The van der Waals surface area contributed by atoms with Crippen molar-refractivity contribution in [2.45, 2.75) is 112 Å². The Morgan fingerprint density at radius 3 is 1.46 bits per heavy atom. The third-order valence-electron chi connectivity index (χ3n) is 7.12. The van der Waals surface area contributed by atoms with Gasteiger partial charge in [0.15, 0.2) is 28.6 Å². The Balaban J connectivity index is 1.81. The quantitative estimate of drug-likeness (QED) is 0.0989. The summed E-state index contributed by atoms with van der Waals surface area (Å²) < 4.78 is 39.2. The second kappa shape index (κ2) is 19.0. The van der Waals surface area contributed by atoms with Crippen LogP contribution >= 0.6 is 11.3 Å². The van der Waals surface area contributed by atoms with Crippen LogP contribution in [0.25, 0.3) is 21.1 Å². The second-order valence-electron chi connectivity index (χ2n) is 17.3. The molecule has 0 bridgehead atoms. The summed E-state index contributed by atoms with van der Waals surface area (Å²) in [5.74, 6) is -2.01. The number of amides is 4. The van der Waals surface area contributed by atoms with Crippen molar-refractivity contribution in [3.63, 3.8) is 0 Å². The van der Waals surface area contributed by atoms with Gasteiger partial charge in [-0.2, -0.15) is 0 Å². The predicted octanol–water partition coefficient (Wildman–Crippen LogP) is 7.18. The molecule has 59 heavy (non-hydrogen) atoms. The molecule has 0 radical (unpaired) electrons. The van der Waals surface area contributed by atoms with Crippen LogP contribution in [0.15, 0.2) is 21.9 Å². The number of carbonyl (C=O) groups excluding carboxylic acids is 7. The van der Waals surface area contributed by atoms with Gasteiger partial charge in [0.2, 0.25) is 0 Å². The highest BCUT2D eigenvalue weighted by molar-refractivity contribution is 7.17. The SMILES string of the molecule is CC(=O)c1cc2c(OC(=O)NCCN(CC(=O)OC(C)(C)C)C(=O)OC(C)(C)C)c3ccsc3c(OC(=O)NCCN(CC(=O)OC(C)(C)C)C(=O)OC(C)(C)C)c2o1. The van der Waals surface area contributed by atoms with Crippen LogP contribution < -0.4 is 20.1 Å². The average molecular weight is 849 g/mol. The topological polar surface area (TPSA) is 219 Å². The molecule has 2 aromatic heterocycles. The molecular weight excluding hydrogens is 793 g/mol. The Kier molecular flexibility index (Phi) is 15.4. The summed E-state index contributed by atoms with van der Waals surface area (Å²) in [5.41, 5.74) is -3.40. The van der Waals surface area contributed by atoms with Gasteiger partial charge in [-0.1, -0.05) is 0 Å². The Morgan fingerprint density at radius 1 is 0.627 bits per heavy atom. The van der Waals surface area contributed by atoms with Gasteiger partial charge in [0.1, 0.15) is 35.5 Å². The molecule has 4 amide bonds. The molecule has 2 heterocycles. The number of benzene rings is 1. The number of thiophene rings is 1. The fourth-order valence-corrected chi connectivity index (χ4v) is 5.91. The summed E-state index contributed by atoms with van der Waals surface area (Å²) >= 11 is 1.13. The second-order valence-corrected chi connectivity index (χ2v) is 18.3. The Morgan fingerprint density at radius 2 is 1.05 bits per heavy atom. The number of furan rings is 1. The highest BCUT2D eigenvalue weighted by atomic mass is 32.1. The van der Waals surface area contributed by atoms with E-state index in [0.717, 1.165) is 21.1 Å². The van der Waals surface area contributed by atoms with E-state index in [9.17, 15) is 33.6 Å². The number of carbonyl (C=O) groups is 7. The number of fused-ring (bicyclic) bond motifs is 2. The maximum absolute atomic E-state index is 13.2. The zero-order valence-electron chi connectivity index (χ0n) is 36.0. The van der Waals surface area contributed by atoms with Gasteiger partial charge >= 0.3 is 36.3 Å². The maximum atomic E-state index is 13.2. The van der Waals surface area contributed by atoms with Gasteiger partial charge in [-0.15, -0.1) is 11.3 Å². The highest BCUT2D eigenvalue weighted by Gasteiger charge is 2.30. The first-order chi connectivity index (χ1) is 27.0. The molecule has 0 atom stereocenters. The largest absolute Gasteiger partial charge is 0.459 e. The van der Waals surface area contributed by atoms with Crippen LogP contribution in [0, 0.1) is 0 Å². The first-order valence-electron chi connectivity index (χ1n) is 18.8. The molecule has 19 heteroatoms. The predicted molar refractivity (Wildman–Crippen MR) is 217 cm³/mol. The summed E-state index contributed by atoms with van der Waals surface area (Å²) in [6.45, 7) is 19.9. The fraction of sp³-hybridized carbons (Fsp3) is 0.575. The molecule has 2 N–H and O–H groups in total. The molecule has 3 aromatic rings. The van der Waals surface area contributed by atoms with E-state index in [4.69, 9.17) is 32.8 Å². The Hall–Kier alpha value is -5.59. The number of rotatable bonds is 13. The first-order valence-corrected chi connectivity index (χ1v) is 19.7. The van der Waals surface area contributed by atoms with Crippen molar-refractivity contribution in [2.75, 3.05) is 39.3 Å². The summed E-state index contributed by atoms with van der Waals surface area (Å²) in [6.07, 6.45) is -3.50. The molecule has 0 aliphatic carbocycles. The van der Waals surface area contributed by atoms with E-state index in [1.807, 2.05) is 0 Å². The summed E-state index contributed by atoms with van der Waals surface area (Å²) in [5, 5.41) is 7.23. The molecule has 1 aromatic carbocycles. The molecule has 0 fully saturated rings. The van der Waals surface area contributed by atoms with E-state index >= 15 is 0 Å². The van der Waals surface area contributed by atoms with Gasteiger partial charge in [0, 0.05) is 38.5 Å². The monoisotopic (exact) mass is 848 g/mol. The third-order valence-corrected chi connectivity index (χ3v) is 8.03. The molecule has 0 unspecified atom stereocenters. The van der Waals surface area contributed by atoms with E-state index in [-0.39, 0.29) is 54.4 Å². The lowest BCUT2D eigenvalue weighted by Crippen LogP contribution is -2.45. The summed E-state index contributed by atoms with van der Waals surface area (Å²) in [4.78, 5) is 92.1. The van der Waals surface area contributed by atoms with Crippen LogP contribution in [-0.2, 0) is 28.5 Å². The maximum Gasteiger partial charge on any atom is 0.412 e. The number of ether oxygens (including phenoxy) is 6. The van der Waals surface area contributed by atoms with Gasteiger partial charge in [0.05, 0.1) is 10.1 Å². The molecule has 0 spiro atoms. The summed E-state index contributed by atoms with van der Waals surface area (Å²) in [6, 6.07) is 2.97. The zero-order valence-corrected chi connectivity index (χ0v) is 36.8. The molecule has 0 aliphatic rings. The van der Waals surface area contributed by atoms with Crippen LogP contribution in [0.3, 0.4) is 0 Å². The average Bonchev–Trinajstić information content (AvgIpc) is 3.71. The molecule has 0 aliphatic heterocycles. The minimum Gasteiger partial charge on any atom is -0.459 e. The van der Waals surface area contributed by atoms with Crippen LogP contribution in [-0.4, -0.2) is 114 Å². The van der Waals surface area contributed by atoms with Crippen molar-refractivity contribution >= 4 is 74.5 Å². The van der Waals surface area contributed by atoms with E-state index in [0.29, 0.717) is 10.1 Å². The van der Waals surface area contributed by atoms with Crippen molar-refractivity contribution in [3.8, 4) is 11.5 Å². The zero-order chi connectivity index (χ0) is 44.7. The molecular formula is C40H56N4O14S. The normalized spacial score (nSPS) is 12.0. The van der Waals surface area contributed by atoms with Gasteiger partial charge < -0.3 is 43.5 Å². The Labute approximate surface area is 347 Å². The molecule has 3 rings (SSSR count). The van der Waals surface area contributed by atoms with E-state index in [1.54, 1.807) is 94.5 Å². The van der Waals surface area contributed by atoms with E-state index in [2.05, 4.69) is 10.6 Å². The smallest absolute Gasteiger partial charge is 0.412 e.